The van der Waals surface area contributed by atoms with Crippen LogP contribution < -0.4 is 24.8 Å². The van der Waals surface area contributed by atoms with Gasteiger partial charge in [-0.3, -0.25) is 24.7 Å². The van der Waals surface area contributed by atoms with E-state index in [1.165, 1.54) is 17.9 Å². The van der Waals surface area contributed by atoms with Gasteiger partial charge in [-0.25, -0.2) is 19.6 Å². The van der Waals surface area contributed by atoms with Crippen molar-refractivity contribution in [3.05, 3.63) is 39.8 Å². The quantitative estimate of drug-likeness (QED) is 0.202. The molecule has 0 spiro atoms. The number of hydrogen-bond acceptors (Lipinski definition) is 16. The number of nitrogens with zero attached hydrogens (tertiary/aromatic N) is 5. The van der Waals surface area contributed by atoms with Crippen LogP contribution >= 0.6 is 34.4 Å². The van der Waals surface area contributed by atoms with E-state index in [0.717, 1.165) is 47.3 Å². The molecule has 2 atom stereocenters. The average molecular weight is 742 g/mol. The number of fused-ring (bicyclic) bond motifs is 2. The molecule has 0 aliphatic carbocycles. The van der Waals surface area contributed by atoms with Crippen molar-refractivity contribution in [2.45, 2.75) is 44.7 Å². The first-order valence-corrected chi connectivity index (χ1v) is 18.3. The van der Waals surface area contributed by atoms with Gasteiger partial charge in [0.25, 0.3) is 17.0 Å². The van der Waals surface area contributed by atoms with Crippen LogP contribution in [0, 0.1) is 0 Å². The van der Waals surface area contributed by atoms with E-state index in [-0.39, 0.29) is 70.1 Å². The smallest absolute Gasteiger partial charge is 0.357 e. The van der Waals surface area contributed by atoms with Gasteiger partial charge in [0, 0.05) is 41.8 Å². The Kier molecular flexibility index (Phi) is 11.0. The molecule has 1 saturated heterocycles. The van der Waals surface area contributed by atoms with Gasteiger partial charge in [-0.05, 0) is 32.3 Å². The lowest BCUT2D eigenvalue weighted by Gasteiger charge is -2.20. The summed E-state index contributed by atoms with van der Waals surface area (Å²) in [6.07, 6.45) is 4.13. The van der Waals surface area contributed by atoms with Crippen molar-refractivity contribution < 1.29 is 42.9 Å². The molecule has 3 aliphatic heterocycles. The Labute approximate surface area is 297 Å². The molecule has 3 aromatic rings. The van der Waals surface area contributed by atoms with Gasteiger partial charge in [0.2, 0.25) is 5.91 Å². The summed E-state index contributed by atoms with van der Waals surface area (Å²) in [5.74, 6) is -1.19. The average Bonchev–Trinajstić information content (AvgIpc) is 3.93. The van der Waals surface area contributed by atoms with Crippen LogP contribution in [0.5, 0.6) is 16.7 Å². The molecule has 1 fully saturated rings. The lowest BCUT2D eigenvalue weighted by molar-refractivity contribution is -0.135. The van der Waals surface area contributed by atoms with E-state index >= 15 is 0 Å². The highest BCUT2D eigenvalue weighted by Gasteiger charge is 2.33. The minimum absolute atomic E-state index is 0.00904. The minimum Gasteiger partial charge on any atom is -0.493 e. The Balaban J connectivity index is 0.946. The summed E-state index contributed by atoms with van der Waals surface area (Å²) < 4.78 is 21.5. The number of aromatic nitrogens is 2. The second-order valence-corrected chi connectivity index (χ2v) is 13.6. The Morgan fingerprint density at radius 1 is 1.06 bits per heavy atom. The predicted octanol–water partition coefficient (Wildman–Crippen LogP) is 3.71. The molecule has 2 N–H and O–H groups in total. The number of esters is 2. The Morgan fingerprint density at radius 2 is 1.90 bits per heavy atom. The largest absolute Gasteiger partial charge is 0.493 e. The summed E-state index contributed by atoms with van der Waals surface area (Å²) in [6.45, 7) is 2.76. The van der Waals surface area contributed by atoms with Gasteiger partial charge < -0.3 is 29.2 Å². The highest BCUT2D eigenvalue weighted by molar-refractivity contribution is 8.14. The molecule has 1 unspecified atom stereocenters. The van der Waals surface area contributed by atoms with E-state index in [1.54, 1.807) is 25.3 Å². The fourth-order valence-electron chi connectivity index (χ4n) is 5.13. The van der Waals surface area contributed by atoms with Crippen LogP contribution in [0.2, 0.25) is 0 Å². The van der Waals surface area contributed by atoms with E-state index in [1.807, 2.05) is 4.90 Å². The highest BCUT2D eigenvalue weighted by Crippen LogP contribution is 2.38. The molecule has 1 aromatic carbocycles. The van der Waals surface area contributed by atoms with Gasteiger partial charge in [0.1, 0.15) is 5.69 Å². The molecule has 0 bridgehead atoms. The number of anilines is 1. The Hall–Kier alpha value is -4.88. The van der Waals surface area contributed by atoms with Crippen LogP contribution in [-0.4, -0.2) is 101 Å². The fraction of sp³-hybridized carbons (Fsp3) is 0.387. The molecule has 50 heavy (non-hydrogen) atoms. The number of carbonyl (C=O) groups excluding carboxylic acids is 5. The minimum atomic E-state index is -0.881. The summed E-state index contributed by atoms with van der Waals surface area (Å²) in [7, 11) is 1.50. The number of aliphatic imine (C=N–C) groups is 2. The maximum Gasteiger partial charge on any atom is 0.357 e. The third-order valence-electron chi connectivity index (χ3n) is 7.55. The van der Waals surface area contributed by atoms with E-state index in [9.17, 15) is 24.0 Å². The molecule has 19 heteroatoms. The number of amidine groups is 1. The van der Waals surface area contributed by atoms with Crippen LogP contribution in [0.3, 0.4) is 0 Å². The van der Waals surface area contributed by atoms with E-state index in [4.69, 9.17) is 18.9 Å². The third-order valence-corrected chi connectivity index (χ3v) is 9.98. The predicted molar refractivity (Wildman–Crippen MR) is 186 cm³/mol. The Bertz CT molecular complexity index is 1870. The highest BCUT2D eigenvalue weighted by atomic mass is 32.2. The zero-order valence-corrected chi connectivity index (χ0v) is 29.3. The van der Waals surface area contributed by atoms with Crippen molar-refractivity contribution in [1.82, 2.24) is 20.2 Å². The Morgan fingerprint density at radius 3 is 2.72 bits per heavy atom. The summed E-state index contributed by atoms with van der Waals surface area (Å²) in [5.41, 5.74) is 1.08. The number of amides is 3. The lowest BCUT2D eigenvalue weighted by Crippen LogP contribution is -2.35. The van der Waals surface area contributed by atoms with Crippen LogP contribution in [0.25, 0.3) is 0 Å². The molecule has 0 saturated carbocycles. The van der Waals surface area contributed by atoms with Crippen LogP contribution in [-0.2, 0) is 14.3 Å². The summed E-state index contributed by atoms with van der Waals surface area (Å²) in [6, 6.07) is 2.44. The number of hydrogen-bond donors (Lipinski definition) is 2. The molecule has 5 heterocycles. The van der Waals surface area contributed by atoms with Crippen molar-refractivity contribution in [2.75, 3.05) is 37.9 Å². The second kappa shape index (κ2) is 15.8. The maximum absolute atomic E-state index is 13.1. The first-order valence-electron chi connectivity index (χ1n) is 15.5. The number of methoxy groups -OCH3 is 1. The number of nitrogens with one attached hydrogen (secondary N) is 2. The van der Waals surface area contributed by atoms with Gasteiger partial charge in [-0.2, -0.15) is 4.98 Å². The fourth-order valence-corrected chi connectivity index (χ4v) is 7.38. The lowest BCUT2D eigenvalue weighted by atomic mass is 10.1. The number of rotatable bonds is 12. The van der Waals surface area contributed by atoms with Gasteiger partial charge in [0.15, 0.2) is 33.5 Å². The normalized spacial score (nSPS) is 17.7. The topological polar surface area (TPSA) is 200 Å². The molecule has 3 amide bonds. The molecule has 262 valence electrons. The molecular weight excluding hydrogens is 711 g/mol. The van der Waals surface area contributed by atoms with Gasteiger partial charge in [0.05, 0.1) is 37.6 Å². The SMILES string of the molecule is CCOC(=O)c1csc(OC(=O)C2CSC(NC(=O)c3csc(NC(=O)CCCOc4cc5c(cc4OC)C(=O)N4CCC[C@H]4C=N5)n3)=N2)n1. The number of ether oxygens (including phenoxy) is 4. The molecule has 3 aliphatic rings. The number of thiazole rings is 2. The van der Waals surface area contributed by atoms with Crippen molar-refractivity contribution in [2.24, 2.45) is 9.98 Å². The number of carbonyl (C=O) groups is 5. The van der Waals surface area contributed by atoms with E-state index < -0.39 is 23.9 Å². The van der Waals surface area contributed by atoms with Crippen molar-refractivity contribution in [1.29, 1.82) is 0 Å². The maximum atomic E-state index is 13.1. The summed E-state index contributed by atoms with van der Waals surface area (Å²) in [5, 5.41) is 8.65. The van der Waals surface area contributed by atoms with Gasteiger partial charge in [-0.1, -0.05) is 23.1 Å². The van der Waals surface area contributed by atoms with Crippen LogP contribution in [0.1, 0.15) is 63.9 Å². The molecular formula is C31H31N7O9S3. The molecule has 2 aromatic heterocycles. The zero-order valence-electron chi connectivity index (χ0n) is 26.8. The van der Waals surface area contributed by atoms with Gasteiger partial charge >= 0.3 is 11.9 Å². The van der Waals surface area contributed by atoms with Crippen LogP contribution in [0.4, 0.5) is 10.8 Å². The standard InChI is InChI=1S/C31H31N7O9S3/c1-3-45-27(42)20-15-50-31(35-20)47-28(43)21-14-49-30(34-21)37-25(40)19-13-48-29(33-19)36-24(39)7-5-9-46-23-11-18-17(10-22(23)44-2)26(41)38-8-4-6-16(38)12-32-18/h10-13,15-16,21H,3-9,14H2,1-2H3,(H,33,36,39)(H,34,37,40)/t16-,21?/m0/s1. The monoisotopic (exact) mass is 741 g/mol. The zero-order chi connectivity index (χ0) is 35.2. The first-order chi connectivity index (χ1) is 24.2. The summed E-state index contributed by atoms with van der Waals surface area (Å²) >= 11 is 3.22. The molecule has 16 nitrogen and oxygen atoms in total. The first kappa shape index (κ1) is 35.0. The molecule has 6 rings (SSSR count). The summed E-state index contributed by atoms with van der Waals surface area (Å²) in [4.78, 5) is 81.4. The second-order valence-electron chi connectivity index (χ2n) is 10.9. The molecule has 0 radical (unpaired) electrons. The van der Waals surface area contributed by atoms with Crippen molar-refractivity contribution >= 4 is 86.3 Å². The van der Waals surface area contributed by atoms with Crippen molar-refractivity contribution in [3.8, 4) is 16.7 Å². The van der Waals surface area contributed by atoms with E-state index in [0.29, 0.717) is 35.7 Å². The van der Waals surface area contributed by atoms with Gasteiger partial charge in [-0.15, -0.1) is 11.3 Å². The number of thioether (sulfide) groups is 1. The van der Waals surface area contributed by atoms with Crippen LogP contribution in [0.15, 0.2) is 32.9 Å². The third kappa shape index (κ3) is 8.11. The van der Waals surface area contributed by atoms with Crippen molar-refractivity contribution in [3.63, 3.8) is 0 Å². The number of benzene rings is 1. The van der Waals surface area contributed by atoms with E-state index in [2.05, 4.69) is 30.6 Å².